The van der Waals surface area contributed by atoms with Crippen LogP contribution in [0.3, 0.4) is 0 Å². The number of amides is 1. The molecule has 1 unspecified atom stereocenters. The molecule has 4 nitrogen and oxygen atoms in total. The van der Waals surface area contributed by atoms with E-state index in [2.05, 4.69) is 26.1 Å². The number of fused-ring (bicyclic) bond motifs is 5. The number of hydrogen-bond donors (Lipinski definition) is 1. The van der Waals surface area contributed by atoms with Crippen molar-refractivity contribution in [2.45, 2.75) is 104 Å². The maximum atomic E-state index is 11.9. The van der Waals surface area contributed by atoms with Crippen LogP contribution in [-0.2, 0) is 14.3 Å². The summed E-state index contributed by atoms with van der Waals surface area (Å²) >= 11 is 0. The first-order valence-corrected chi connectivity index (χ1v) is 13.2. The van der Waals surface area contributed by atoms with E-state index in [9.17, 15) is 9.59 Å². The molecule has 0 aromatic carbocycles. The second-order valence-corrected chi connectivity index (χ2v) is 12.0. The van der Waals surface area contributed by atoms with Crippen molar-refractivity contribution in [1.82, 2.24) is 5.32 Å². The van der Waals surface area contributed by atoms with E-state index in [0.717, 1.165) is 48.8 Å². The molecule has 0 aliphatic heterocycles. The minimum atomic E-state index is -0.0244. The molecule has 0 aromatic rings. The Morgan fingerprint density at radius 2 is 1.81 bits per heavy atom. The summed E-state index contributed by atoms with van der Waals surface area (Å²) in [4.78, 5) is 22.9. The molecule has 4 rings (SSSR count). The van der Waals surface area contributed by atoms with Crippen molar-refractivity contribution in [3.63, 3.8) is 0 Å². The van der Waals surface area contributed by atoms with Gasteiger partial charge in [0, 0.05) is 12.5 Å². The number of nitrogens with one attached hydrogen (secondary N) is 1. The quantitative estimate of drug-likeness (QED) is 0.413. The molecule has 4 aliphatic carbocycles. The molecule has 0 saturated heterocycles. The summed E-state index contributed by atoms with van der Waals surface area (Å²) in [5, 5.41) is 3.08. The van der Waals surface area contributed by atoms with E-state index in [1.165, 1.54) is 51.4 Å². The molecule has 31 heavy (non-hydrogen) atoms. The summed E-state index contributed by atoms with van der Waals surface area (Å²) < 4.78 is 5.18. The Bertz CT molecular complexity index is 665. The lowest BCUT2D eigenvalue weighted by atomic mass is 9.44. The highest BCUT2D eigenvalue weighted by atomic mass is 16.5. The molecular formula is C27H45NO3. The summed E-state index contributed by atoms with van der Waals surface area (Å²) in [6.45, 7) is 9.98. The maximum Gasteiger partial charge on any atom is 0.305 e. The van der Waals surface area contributed by atoms with Crippen LogP contribution in [0.4, 0.5) is 0 Å². The third kappa shape index (κ3) is 4.06. The van der Waals surface area contributed by atoms with Crippen LogP contribution in [0.1, 0.15) is 98.3 Å². The lowest BCUT2D eigenvalue weighted by Crippen LogP contribution is -2.55. The molecule has 176 valence electrons. The lowest BCUT2D eigenvalue weighted by molar-refractivity contribution is -0.143. The van der Waals surface area contributed by atoms with Gasteiger partial charge in [0.2, 0.25) is 6.41 Å². The molecule has 4 fully saturated rings. The normalized spacial score (nSPS) is 45.0. The summed E-state index contributed by atoms with van der Waals surface area (Å²) in [6, 6.07) is 0.400. The van der Waals surface area contributed by atoms with Gasteiger partial charge in [-0.3, -0.25) is 9.59 Å². The van der Waals surface area contributed by atoms with Crippen molar-refractivity contribution >= 4 is 12.4 Å². The Kier molecular flexibility index (Phi) is 6.75. The molecule has 1 N–H and O–H groups in total. The van der Waals surface area contributed by atoms with Crippen molar-refractivity contribution in [1.29, 1.82) is 0 Å². The first-order chi connectivity index (χ1) is 14.8. The summed E-state index contributed by atoms with van der Waals surface area (Å²) in [5.74, 6) is 4.74. The van der Waals surface area contributed by atoms with Crippen molar-refractivity contribution in [2.75, 3.05) is 6.61 Å². The van der Waals surface area contributed by atoms with E-state index < -0.39 is 0 Å². The first-order valence-electron chi connectivity index (χ1n) is 13.2. The molecule has 0 heterocycles. The van der Waals surface area contributed by atoms with Gasteiger partial charge >= 0.3 is 5.97 Å². The fraction of sp³-hybridized carbons (Fsp3) is 0.926. The van der Waals surface area contributed by atoms with Crippen LogP contribution in [-0.4, -0.2) is 25.0 Å². The highest BCUT2D eigenvalue weighted by Crippen LogP contribution is 2.68. The lowest BCUT2D eigenvalue weighted by Gasteiger charge is -2.61. The average molecular weight is 432 g/mol. The zero-order valence-corrected chi connectivity index (χ0v) is 20.3. The Morgan fingerprint density at radius 3 is 2.55 bits per heavy atom. The van der Waals surface area contributed by atoms with Gasteiger partial charge in [-0.15, -0.1) is 0 Å². The zero-order chi connectivity index (χ0) is 22.2. The van der Waals surface area contributed by atoms with Crippen LogP contribution in [0, 0.1) is 46.3 Å². The Labute approximate surface area is 189 Å². The highest BCUT2D eigenvalue weighted by molar-refractivity contribution is 5.69. The third-order valence-electron chi connectivity index (χ3n) is 10.8. The van der Waals surface area contributed by atoms with Gasteiger partial charge < -0.3 is 10.1 Å². The van der Waals surface area contributed by atoms with E-state index in [0.29, 0.717) is 35.8 Å². The molecule has 1 amide bonds. The van der Waals surface area contributed by atoms with Gasteiger partial charge in [-0.05, 0) is 117 Å². The molecular weight excluding hydrogens is 386 g/mol. The van der Waals surface area contributed by atoms with Crippen LogP contribution in [0.5, 0.6) is 0 Å². The van der Waals surface area contributed by atoms with Gasteiger partial charge in [0.1, 0.15) is 0 Å². The van der Waals surface area contributed by atoms with E-state index in [-0.39, 0.29) is 5.97 Å². The van der Waals surface area contributed by atoms with E-state index in [4.69, 9.17) is 4.74 Å². The van der Waals surface area contributed by atoms with E-state index in [1.54, 1.807) is 0 Å². The molecule has 4 heteroatoms. The maximum absolute atomic E-state index is 11.9. The summed E-state index contributed by atoms with van der Waals surface area (Å²) in [5.41, 5.74) is 0.924. The van der Waals surface area contributed by atoms with Crippen molar-refractivity contribution in [2.24, 2.45) is 46.3 Å². The van der Waals surface area contributed by atoms with Gasteiger partial charge in [-0.2, -0.15) is 0 Å². The van der Waals surface area contributed by atoms with Gasteiger partial charge in [0.05, 0.1) is 6.61 Å². The average Bonchev–Trinajstić information content (AvgIpc) is 3.10. The summed E-state index contributed by atoms with van der Waals surface area (Å²) in [6.07, 6.45) is 14.3. The fourth-order valence-electron chi connectivity index (χ4n) is 9.26. The minimum Gasteiger partial charge on any atom is -0.466 e. The molecule has 0 aromatic heterocycles. The molecule has 9 atom stereocenters. The van der Waals surface area contributed by atoms with Crippen molar-refractivity contribution in [3.05, 3.63) is 0 Å². The molecule has 0 bridgehead atoms. The molecule has 0 radical (unpaired) electrons. The second-order valence-electron chi connectivity index (χ2n) is 12.0. The van der Waals surface area contributed by atoms with Gasteiger partial charge in [-0.25, -0.2) is 0 Å². The smallest absolute Gasteiger partial charge is 0.305 e. The molecule has 4 aliphatic rings. The van der Waals surface area contributed by atoms with Gasteiger partial charge in [0.25, 0.3) is 0 Å². The fourth-order valence-corrected chi connectivity index (χ4v) is 9.26. The number of esters is 1. The molecule has 0 spiro atoms. The van der Waals surface area contributed by atoms with Crippen LogP contribution >= 0.6 is 0 Å². The predicted octanol–water partition coefficient (Wildman–Crippen LogP) is 5.74. The third-order valence-corrected chi connectivity index (χ3v) is 10.8. The topological polar surface area (TPSA) is 55.4 Å². The number of carbonyl (C=O) groups excluding carboxylic acids is 2. The van der Waals surface area contributed by atoms with Gasteiger partial charge in [0.15, 0.2) is 0 Å². The number of ether oxygens (including phenoxy) is 1. The Balaban J connectivity index is 1.43. The Morgan fingerprint density at radius 1 is 1.06 bits per heavy atom. The summed E-state index contributed by atoms with van der Waals surface area (Å²) in [7, 11) is 0. The van der Waals surface area contributed by atoms with E-state index >= 15 is 0 Å². The number of carbonyl (C=O) groups is 2. The van der Waals surface area contributed by atoms with Crippen LogP contribution < -0.4 is 5.32 Å². The van der Waals surface area contributed by atoms with Crippen molar-refractivity contribution in [3.8, 4) is 0 Å². The molecule has 4 saturated carbocycles. The highest BCUT2D eigenvalue weighted by Gasteiger charge is 2.60. The van der Waals surface area contributed by atoms with Crippen molar-refractivity contribution < 1.29 is 14.3 Å². The largest absolute Gasteiger partial charge is 0.466 e. The number of hydrogen-bond acceptors (Lipinski definition) is 3. The predicted molar refractivity (Wildman–Crippen MR) is 123 cm³/mol. The Hall–Kier alpha value is -1.06. The van der Waals surface area contributed by atoms with E-state index in [1.807, 2.05) is 6.92 Å². The standard InChI is InChI=1S/C27H45NO3/c1-5-31-25(30)11-6-18(2)22-9-10-23-21-8-7-19-16-20(28-17-29)12-14-26(19,3)24(21)13-15-27(22,23)4/h17-24H,5-16H2,1-4H3,(H,28,29)/t18-,19-,20?,21+,22-,23+,24+,26+,27-/m1/s1. The van der Waals surface area contributed by atoms with Gasteiger partial charge in [-0.1, -0.05) is 20.8 Å². The number of rotatable bonds is 7. The first kappa shape index (κ1) is 23.1. The second kappa shape index (κ2) is 9.06. The monoisotopic (exact) mass is 431 g/mol. The van der Waals surface area contributed by atoms with Crippen LogP contribution in [0.25, 0.3) is 0 Å². The van der Waals surface area contributed by atoms with Crippen LogP contribution in [0.2, 0.25) is 0 Å². The van der Waals surface area contributed by atoms with Crippen LogP contribution in [0.15, 0.2) is 0 Å². The minimum absolute atomic E-state index is 0.0244. The zero-order valence-electron chi connectivity index (χ0n) is 20.3. The SMILES string of the molecule is CCOC(=O)CC[C@@H](C)[C@H]1CC[C@H]2[C@@H]3CC[C@@H]4CC(NC=O)CC[C@]4(C)[C@H]3CC[C@]12C.